The molecule has 4 heterocycles. The van der Waals surface area contributed by atoms with E-state index in [1.165, 1.54) is 11.3 Å². The van der Waals surface area contributed by atoms with Crippen LogP contribution in [-0.4, -0.2) is 30.5 Å². The quantitative estimate of drug-likeness (QED) is 0.401. The summed E-state index contributed by atoms with van der Waals surface area (Å²) in [5.74, 6) is 0.707. The molecule has 0 bridgehead atoms. The molecule has 1 aliphatic heterocycles. The summed E-state index contributed by atoms with van der Waals surface area (Å²) in [6.07, 6.45) is 2.51. The summed E-state index contributed by atoms with van der Waals surface area (Å²) >= 11 is 1.17. The lowest BCUT2D eigenvalue weighted by Gasteiger charge is -2.10. The van der Waals surface area contributed by atoms with Gasteiger partial charge < -0.3 is 15.8 Å². The number of benzene rings is 1. The first-order valence-electron chi connectivity index (χ1n) is 11.0. The zero-order chi connectivity index (χ0) is 23.8. The van der Waals surface area contributed by atoms with Gasteiger partial charge in [-0.3, -0.25) is 9.36 Å². The van der Waals surface area contributed by atoms with E-state index in [4.69, 9.17) is 10.5 Å². The van der Waals surface area contributed by atoms with Crippen LogP contribution in [0.5, 0.6) is 0 Å². The highest BCUT2D eigenvalue weighted by Crippen LogP contribution is 2.29. The van der Waals surface area contributed by atoms with Crippen LogP contribution in [0.15, 0.2) is 29.1 Å². The molecular formula is C23H23N7O3S. The van der Waals surface area contributed by atoms with Gasteiger partial charge in [0.15, 0.2) is 12.4 Å². The van der Waals surface area contributed by atoms with Gasteiger partial charge in [-0.1, -0.05) is 25.1 Å². The highest BCUT2D eigenvalue weighted by Gasteiger charge is 2.24. The summed E-state index contributed by atoms with van der Waals surface area (Å²) in [6.45, 7) is 4.27. The van der Waals surface area contributed by atoms with E-state index in [0.717, 1.165) is 36.3 Å². The number of hydrogen-bond acceptors (Lipinski definition) is 10. The van der Waals surface area contributed by atoms with Gasteiger partial charge in [-0.05, 0) is 37.0 Å². The number of aryl methyl sites for hydroxylation is 3. The fourth-order valence-electron chi connectivity index (χ4n) is 4.10. The average molecular weight is 478 g/mol. The van der Waals surface area contributed by atoms with Crippen molar-refractivity contribution in [3.63, 3.8) is 0 Å². The zero-order valence-corrected chi connectivity index (χ0v) is 19.6. The maximum atomic E-state index is 12.9. The summed E-state index contributed by atoms with van der Waals surface area (Å²) in [5, 5.41) is 3.63. The molecule has 174 valence electrons. The van der Waals surface area contributed by atoms with Gasteiger partial charge in [0.05, 0.1) is 5.39 Å². The molecule has 0 aliphatic carbocycles. The summed E-state index contributed by atoms with van der Waals surface area (Å²) < 4.78 is 7.16. The van der Waals surface area contributed by atoms with E-state index in [2.05, 4.69) is 32.2 Å². The standard InChI is InChI=1S/C23H23N7O3S/c1-3-13-7-4-5-8-14(13)25-23-27-15(26-22(24)29-23)11-33-21(32)18-12(2)17-19(34-18)28-16-9-6-10-30(16)20(17)31/h4-5,7-8H,3,6,9-11H2,1-2H3,(H3,24,25,26,27,29). The first kappa shape index (κ1) is 22.0. The molecule has 4 aromatic rings. The zero-order valence-electron chi connectivity index (χ0n) is 18.8. The van der Waals surface area contributed by atoms with Crippen molar-refractivity contribution in [3.8, 4) is 0 Å². The Balaban J connectivity index is 1.36. The van der Waals surface area contributed by atoms with Gasteiger partial charge in [-0.15, -0.1) is 11.3 Å². The monoisotopic (exact) mass is 477 g/mol. The van der Waals surface area contributed by atoms with E-state index in [0.29, 0.717) is 27.2 Å². The van der Waals surface area contributed by atoms with Crippen molar-refractivity contribution in [3.05, 3.63) is 62.3 Å². The lowest BCUT2D eigenvalue weighted by atomic mass is 10.1. The van der Waals surface area contributed by atoms with Crippen molar-refractivity contribution in [1.29, 1.82) is 0 Å². The maximum absolute atomic E-state index is 12.9. The largest absolute Gasteiger partial charge is 0.453 e. The highest BCUT2D eigenvalue weighted by molar-refractivity contribution is 7.20. The molecule has 34 heavy (non-hydrogen) atoms. The number of carbonyl (C=O) groups excluding carboxylic acids is 1. The van der Waals surface area contributed by atoms with Crippen molar-refractivity contribution in [2.75, 3.05) is 11.1 Å². The maximum Gasteiger partial charge on any atom is 0.349 e. The van der Waals surface area contributed by atoms with Crippen LogP contribution in [0.2, 0.25) is 0 Å². The number of nitrogens with two attached hydrogens (primary N) is 1. The van der Waals surface area contributed by atoms with Crippen molar-refractivity contribution < 1.29 is 9.53 Å². The van der Waals surface area contributed by atoms with Crippen LogP contribution in [0.1, 0.15) is 45.8 Å². The Bertz CT molecular complexity index is 1480. The Morgan fingerprint density at radius 3 is 2.88 bits per heavy atom. The minimum absolute atomic E-state index is 0.0160. The molecule has 0 saturated carbocycles. The second kappa shape index (κ2) is 8.82. The van der Waals surface area contributed by atoms with Gasteiger partial charge in [0.2, 0.25) is 11.9 Å². The first-order chi connectivity index (χ1) is 16.4. The molecule has 3 aromatic heterocycles. The second-order valence-electron chi connectivity index (χ2n) is 7.97. The predicted molar refractivity (Wildman–Crippen MR) is 129 cm³/mol. The Hall–Kier alpha value is -3.86. The Morgan fingerprint density at radius 2 is 2.06 bits per heavy atom. The minimum Gasteiger partial charge on any atom is -0.453 e. The smallest absolute Gasteiger partial charge is 0.349 e. The van der Waals surface area contributed by atoms with Crippen LogP contribution < -0.4 is 16.6 Å². The number of carbonyl (C=O) groups is 1. The van der Waals surface area contributed by atoms with Crippen LogP contribution >= 0.6 is 11.3 Å². The predicted octanol–water partition coefficient (Wildman–Crippen LogP) is 3.14. The van der Waals surface area contributed by atoms with Gasteiger partial charge in [-0.2, -0.15) is 15.0 Å². The number of hydrogen-bond donors (Lipinski definition) is 2. The summed E-state index contributed by atoms with van der Waals surface area (Å²) in [7, 11) is 0. The molecule has 0 unspecified atom stereocenters. The van der Waals surface area contributed by atoms with E-state index in [1.807, 2.05) is 24.3 Å². The SMILES string of the molecule is CCc1ccccc1Nc1nc(N)nc(COC(=O)c2sc3nc4n(c(=O)c3c2C)CCC4)n1. The number of anilines is 3. The van der Waals surface area contributed by atoms with Gasteiger partial charge in [0.25, 0.3) is 5.56 Å². The number of nitrogens with one attached hydrogen (secondary N) is 1. The van der Waals surface area contributed by atoms with E-state index < -0.39 is 5.97 Å². The Kier molecular flexibility index (Phi) is 5.70. The van der Waals surface area contributed by atoms with E-state index in [-0.39, 0.29) is 29.9 Å². The number of nitrogens with zero attached hydrogens (tertiary/aromatic N) is 5. The topological polar surface area (TPSA) is 138 Å². The number of rotatable bonds is 6. The lowest BCUT2D eigenvalue weighted by molar-refractivity contribution is 0.0467. The molecule has 0 amide bonds. The van der Waals surface area contributed by atoms with Gasteiger partial charge in [0.1, 0.15) is 15.5 Å². The number of nitrogen functional groups attached to an aromatic ring is 1. The number of ether oxygens (including phenoxy) is 1. The second-order valence-corrected chi connectivity index (χ2v) is 8.97. The summed E-state index contributed by atoms with van der Waals surface area (Å²) in [6, 6.07) is 7.81. The molecule has 0 fully saturated rings. The Labute approximate surface area is 198 Å². The van der Waals surface area contributed by atoms with Crippen molar-refractivity contribution >= 4 is 45.1 Å². The summed E-state index contributed by atoms with van der Waals surface area (Å²) in [5.41, 5.74) is 8.31. The third-order valence-electron chi connectivity index (χ3n) is 5.77. The molecular weight excluding hydrogens is 454 g/mol. The summed E-state index contributed by atoms with van der Waals surface area (Å²) in [4.78, 5) is 43.8. The van der Waals surface area contributed by atoms with Crippen LogP contribution in [0, 0.1) is 6.92 Å². The average Bonchev–Trinajstić information content (AvgIpc) is 3.42. The number of aromatic nitrogens is 5. The molecule has 10 nitrogen and oxygen atoms in total. The minimum atomic E-state index is -0.560. The number of thiophene rings is 1. The molecule has 1 aliphatic rings. The molecule has 0 atom stereocenters. The lowest BCUT2D eigenvalue weighted by Crippen LogP contribution is -2.20. The molecule has 0 radical (unpaired) electrons. The van der Waals surface area contributed by atoms with Crippen LogP contribution in [-0.2, 0) is 30.7 Å². The molecule has 3 N–H and O–H groups in total. The highest BCUT2D eigenvalue weighted by atomic mass is 32.1. The fourth-order valence-corrected chi connectivity index (χ4v) is 5.18. The van der Waals surface area contributed by atoms with Gasteiger partial charge in [-0.25, -0.2) is 9.78 Å². The van der Waals surface area contributed by atoms with E-state index >= 15 is 0 Å². The van der Waals surface area contributed by atoms with Gasteiger partial charge >= 0.3 is 5.97 Å². The first-order valence-corrected chi connectivity index (χ1v) is 11.8. The molecule has 0 spiro atoms. The number of esters is 1. The molecule has 11 heteroatoms. The molecule has 0 saturated heterocycles. The third-order valence-corrected chi connectivity index (χ3v) is 6.94. The van der Waals surface area contributed by atoms with E-state index in [9.17, 15) is 9.59 Å². The molecule has 1 aromatic carbocycles. The number of fused-ring (bicyclic) bond motifs is 2. The van der Waals surface area contributed by atoms with Gasteiger partial charge in [0, 0.05) is 18.7 Å². The van der Waals surface area contributed by atoms with Crippen LogP contribution in [0.3, 0.4) is 0 Å². The molecule has 5 rings (SSSR count). The van der Waals surface area contributed by atoms with E-state index in [1.54, 1.807) is 11.5 Å². The van der Waals surface area contributed by atoms with Crippen molar-refractivity contribution in [2.24, 2.45) is 0 Å². The third kappa shape index (κ3) is 3.98. The normalized spacial score (nSPS) is 12.6. The van der Waals surface area contributed by atoms with Crippen molar-refractivity contribution in [2.45, 2.75) is 46.3 Å². The Morgan fingerprint density at radius 1 is 1.24 bits per heavy atom. The number of para-hydroxylation sites is 1. The van der Waals surface area contributed by atoms with Crippen molar-refractivity contribution in [1.82, 2.24) is 24.5 Å². The van der Waals surface area contributed by atoms with Crippen LogP contribution in [0.4, 0.5) is 17.6 Å². The van der Waals surface area contributed by atoms with Crippen LogP contribution in [0.25, 0.3) is 10.2 Å². The fraction of sp³-hybridized carbons (Fsp3) is 0.304.